The molecule has 0 radical (unpaired) electrons. The first-order chi connectivity index (χ1) is 12.0. The average Bonchev–Trinajstić information content (AvgIpc) is 2.56. The Morgan fingerprint density at radius 1 is 1.20 bits per heavy atom. The van der Waals surface area contributed by atoms with Crippen LogP contribution in [-0.4, -0.2) is 22.9 Å². The van der Waals surface area contributed by atoms with E-state index < -0.39 is 5.82 Å². The van der Waals surface area contributed by atoms with Crippen molar-refractivity contribution in [2.24, 2.45) is 0 Å². The lowest BCUT2D eigenvalue weighted by molar-refractivity contribution is -0.116. The summed E-state index contributed by atoms with van der Waals surface area (Å²) in [6, 6.07) is 7.41. The number of rotatable bonds is 5. The summed E-state index contributed by atoms with van der Waals surface area (Å²) in [7, 11) is 1.50. The number of pyridine rings is 2. The first-order valence-corrected chi connectivity index (χ1v) is 7.53. The maximum absolute atomic E-state index is 14.0. The molecule has 0 fully saturated rings. The number of carbonyl (C=O) groups is 1. The zero-order chi connectivity index (χ0) is 18.0. The van der Waals surface area contributed by atoms with Crippen LogP contribution < -0.4 is 15.2 Å². The fourth-order valence-electron chi connectivity index (χ4n) is 2.41. The normalized spacial score (nSPS) is 10.7. The molecule has 0 aliphatic rings. The number of fused-ring (bicyclic) bond motifs is 1. The summed E-state index contributed by atoms with van der Waals surface area (Å²) in [5, 5.41) is 0. The van der Waals surface area contributed by atoms with Gasteiger partial charge in [0, 0.05) is 30.1 Å². The van der Waals surface area contributed by atoms with Crippen molar-refractivity contribution in [3.63, 3.8) is 0 Å². The van der Waals surface area contributed by atoms with Gasteiger partial charge in [-0.2, -0.15) is 0 Å². The molecular weight excluding hydrogens is 325 g/mol. The third kappa shape index (κ3) is 3.50. The third-order valence-electron chi connectivity index (χ3n) is 3.53. The number of nitrogens with two attached hydrogens (primary N) is 1. The number of nitrogen functional groups attached to an aromatic ring is 1. The SMILES string of the molecule is COc1cc2nccc(Oc3ccc(N)cc3F)c2nc1CC(C)=O. The molecular formula is C18H16FN3O3. The van der Waals surface area contributed by atoms with Crippen LogP contribution in [0.15, 0.2) is 36.5 Å². The molecule has 6 nitrogen and oxygen atoms in total. The van der Waals surface area contributed by atoms with Crippen LogP contribution in [0.3, 0.4) is 0 Å². The van der Waals surface area contributed by atoms with Gasteiger partial charge in [-0.1, -0.05) is 0 Å². The molecule has 3 aromatic rings. The van der Waals surface area contributed by atoms with Gasteiger partial charge in [0.1, 0.15) is 17.0 Å². The third-order valence-corrected chi connectivity index (χ3v) is 3.53. The van der Waals surface area contributed by atoms with E-state index in [0.29, 0.717) is 33.9 Å². The number of ether oxygens (including phenoxy) is 2. The van der Waals surface area contributed by atoms with Crippen molar-refractivity contribution in [2.45, 2.75) is 13.3 Å². The first kappa shape index (κ1) is 16.6. The monoisotopic (exact) mass is 341 g/mol. The number of methoxy groups -OCH3 is 1. The quantitative estimate of drug-likeness (QED) is 0.717. The molecule has 0 aliphatic heterocycles. The number of Topliss-reactive ketones (excluding diaryl/α,β-unsaturated/α-hetero) is 1. The predicted molar refractivity (Wildman–Crippen MR) is 91.4 cm³/mol. The van der Waals surface area contributed by atoms with E-state index in [9.17, 15) is 9.18 Å². The van der Waals surface area contributed by atoms with Crippen LogP contribution in [0.1, 0.15) is 12.6 Å². The lowest BCUT2D eigenvalue weighted by Crippen LogP contribution is -2.04. The second kappa shape index (κ2) is 6.72. The van der Waals surface area contributed by atoms with Crippen molar-refractivity contribution in [1.82, 2.24) is 9.97 Å². The Morgan fingerprint density at radius 3 is 2.68 bits per heavy atom. The molecule has 2 aromatic heterocycles. The molecule has 0 aliphatic carbocycles. The predicted octanol–water partition coefficient (Wildman–Crippen LogP) is 3.28. The van der Waals surface area contributed by atoms with E-state index in [1.807, 2.05) is 0 Å². The second-order valence-corrected chi connectivity index (χ2v) is 5.48. The lowest BCUT2D eigenvalue weighted by Gasteiger charge is -2.12. The minimum Gasteiger partial charge on any atom is -0.495 e. The fourth-order valence-corrected chi connectivity index (χ4v) is 2.41. The summed E-state index contributed by atoms with van der Waals surface area (Å²) in [4.78, 5) is 20.1. The van der Waals surface area contributed by atoms with E-state index >= 15 is 0 Å². The molecule has 0 saturated heterocycles. The molecule has 0 unspecified atom stereocenters. The van der Waals surface area contributed by atoms with E-state index in [4.69, 9.17) is 15.2 Å². The van der Waals surface area contributed by atoms with Gasteiger partial charge in [-0.25, -0.2) is 9.37 Å². The number of carbonyl (C=O) groups excluding carboxylic acids is 1. The highest BCUT2D eigenvalue weighted by atomic mass is 19.1. The number of ketones is 1. The smallest absolute Gasteiger partial charge is 0.167 e. The highest BCUT2D eigenvalue weighted by Gasteiger charge is 2.15. The molecule has 1 aromatic carbocycles. The summed E-state index contributed by atoms with van der Waals surface area (Å²) in [6.45, 7) is 1.47. The molecule has 0 spiro atoms. The fraction of sp³-hybridized carbons (Fsp3) is 0.167. The number of nitrogens with zero attached hydrogens (tertiary/aromatic N) is 2. The van der Waals surface area contributed by atoms with Gasteiger partial charge < -0.3 is 15.2 Å². The Balaban J connectivity index is 2.10. The van der Waals surface area contributed by atoms with Crippen LogP contribution >= 0.6 is 0 Å². The molecule has 2 heterocycles. The number of aromatic nitrogens is 2. The van der Waals surface area contributed by atoms with Gasteiger partial charge in [-0.15, -0.1) is 0 Å². The van der Waals surface area contributed by atoms with Crippen molar-refractivity contribution in [3.05, 3.63) is 48.0 Å². The van der Waals surface area contributed by atoms with Crippen molar-refractivity contribution in [1.29, 1.82) is 0 Å². The first-order valence-electron chi connectivity index (χ1n) is 7.53. The molecule has 7 heteroatoms. The van der Waals surface area contributed by atoms with Crippen LogP contribution in [0.4, 0.5) is 10.1 Å². The summed E-state index contributed by atoms with van der Waals surface area (Å²) >= 11 is 0. The highest BCUT2D eigenvalue weighted by Crippen LogP contribution is 2.32. The van der Waals surface area contributed by atoms with Crippen molar-refractivity contribution < 1.29 is 18.7 Å². The molecule has 0 saturated carbocycles. The molecule has 2 N–H and O–H groups in total. The number of hydrogen-bond acceptors (Lipinski definition) is 6. The Bertz CT molecular complexity index is 960. The van der Waals surface area contributed by atoms with Gasteiger partial charge in [-0.3, -0.25) is 9.78 Å². The van der Waals surface area contributed by atoms with Gasteiger partial charge in [0.15, 0.2) is 17.3 Å². The van der Waals surface area contributed by atoms with Gasteiger partial charge in [0.05, 0.1) is 24.7 Å². The van der Waals surface area contributed by atoms with Crippen LogP contribution in [-0.2, 0) is 11.2 Å². The number of hydrogen-bond donors (Lipinski definition) is 1. The van der Waals surface area contributed by atoms with Crippen LogP contribution in [0.25, 0.3) is 11.0 Å². The summed E-state index contributed by atoms with van der Waals surface area (Å²) in [5.41, 5.74) is 7.24. The van der Waals surface area contributed by atoms with E-state index in [1.165, 1.54) is 32.4 Å². The Labute approximate surface area is 143 Å². The van der Waals surface area contributed by atoms with E-state index in [-0.39, 0.29) is 18.0 Å². The molecule has 128 valence electrons. The standard InChI is InChI=1S/C18H16FN3O3/c1-10(23)7-13-17(24-2)9-14-18(22-13)16(5-6-21-14)25-15-4-3-11(20)8-12(15)19/h3-6,8-9H,7,20H2,1-2H3. The van der Waals surface area contributed by atoms with Crippen molar-refractivity contribution >= 4 is 22.5 Å². The minimum atomic E-state index is -0.581. The zero-order valence-corrected chi connectivity index (χ0v) is 13.7. The maximum Gasteiger partial charge on any atom is 0.167 e. The molecule has 0 bridgehead atoms. The van der Waals surface area contributed by atoms with Crippen molar-refractivity contribution in [2.75, 3.05) is 12.8 Å². The summed E-state index contributed by atoms with van der Waals surface area (Å²) < 4.78 is 24.9. The van der Waals surface area contributed by atoms with Crippen LogP contribution in [0.2, 0.25) is 0 Å². The molecule has 0 atom stereocenters. The second-order valence-electron chi connectivity index (χ2n) is 5.48. The highest BCUT2D eigenvalue weighted by molar-refractivity contribution is 5.84. The van der Waals surface area contributed by atoms with E-state index in [2.05, 4.69) is 9.97 Å². The van der Waals surface area contributed by atoms with Crippen LogP contribution in [0, 0.1) is 5.82 Å². The maximum atomic E-state index is 14.0. The van der Waals surface area contributed by atoms with E-state index in [1.54, 1.807) is 18.2 Å². The lowest BCUT2D eigenvalue weighted by atomic mass is 10.1. The molecule has 0 amide bonds. The van der Waals surface area contributed by atoms with E-state index in [0.717, 1.165) is 0 Å². The van der Waals surface area contributed by atoms with Gasteiger partial charge >= 0.3 is 0 Å². The Hall–Kier alpha value is -3.22. The molecule has 25 heavy (non-hydrogen) atoms. The topological polar surface area (TPSA) is 87.3 Å². The Kier molecular flexibility index (Phi) is 4.47. The average molecular weight is 341 g/mol. The van der Waals surface area contributed by atoms with Gasteiger partial charge in [0.2, 0.25) is 0 Å². The summed E-state index contributed by atoms with van der Waals surface area (Å²) in [6.07, 6.45) is 1.64. The number of anilines is 1. The van der Waals surface area contributed by atoms with Crippen LogP contribution in [0.5, 0.6) is 17.2 Å². The van der Waals surface area contributed by atoms with Crippen molar-refractivity contribution in [3.8, 4) is 17.2 Å². The minimum absolute atomic E-state index is 0.0208. The number of benzene rings is 1. The van der Waals surface area contributed by atoms with Gasteiger partial charge in [-0.05, 0) is 19.1 Å². The zero-order valence-electron chi connectivity index (χ0n) is 13.7. The summed E-state index contributed by atoms with van der Waals surface area (Å²) in [5.74, 6) is 0.170. The molecule has 3 rings (SSSR count). The van der Waals surface area contributed by atoms with Gasteiger partial charge in [0.25, 0.3) is 0 Å². The Morgan fingerprint density at radius 2 is 2.00 bits per heavy atom. The number of halogens is 1. The largest absolute Gasteiger partial charge is 0.495 e.